The lowest BCUT2D eigenvalue weighted by molar-refractivity contribution is 0.851. The molecule has 0 fully saturated rings. The molecule has 10 aromatic rings. The molecule has 0 saturated carbocycles. The summed E-state index contributed by atoms with van der Waals surface area (Å²) in [6, 6.07) is 59.7. The third kappa shape index (κ3) is 5.74. The minimum atomic E-state index is 0.943. The molecule has 0 spiro atoms. The van der Waals surface area contributed by atoms with Gasteiger partial charge in [-0.1, -0.05) is 190 Å². The highest BCUT2D eigenvalue weighted by Gasteiger charge is 2.24. The Morgan fingerprint density at radius 1 is 0.350 bits per heavy atom. The fourth-order valence-corrected chi connectivity index (χ4v) is 10.3. The molecule has 12 rings (SSSR count). The van der Waals surface area contributed by atoms with Gasteiger partial charge in [0.2, 0.25) is 0 Å². The van der Waals surface area contributed by atoms with Gasteiger partial charge in [-0.3, -0.25) is 0 Å². The van der Waals surface area contributed by atoms with Crippen molar-refractivity contribution in [3.8, 4) is 33.4 Å². The lowest BCUT2D eigenvalue weighted by Gasteiger charge is -2.23. The van der Waals surface area contributed by atoms with Crippen molar-refractivity contribution >= 4 is 82.9 Å². The van der Waals surface area contributed by atoms with Gasteiger partial charge >= 0.3 is 0 Å². The minimum Gasteiger partial charge on any atom is -0.0839 e. The third-order valence-corrected chi connectivity index (χ3v) is 12.8. The van der Waals surface area contributed by atoms with E-state index in [1.807, 2.05) is 13.8 Å². The minimum absolute atomic E-state index is 0.943. The van der Waals surface area contributed by atoms with Crippen LogP contribution in [-0.4, -0.2) is 0 Å². The number of allylic oxidation sites excluding steroid dienone is 3. The van der Waals surface area contributed by atoms with E-state index in [2.05, 4.69) is 194 Å². The number of benzene rings is 10. The second-order valence-electron chi connectivity index (χ2n) is 16.1. The molecule has 0 unspecified atom stereocenters. The van der Waals surface area contributed by atoms with Gasteiger partial charge in [0.25, 0.3) is 0 Å². The Kier molecular flexibility index (Phi) is 9.01. The molecule has 286 valence electrons. The summed E-state index contributed by atoms with van der Waals surface area (Å²) in [6.07, 6.45) is 18.5. The van der Waals surface area contributed by atoms with E-state index in [-0.39, 0.29) is 0 Å². The van der Waals surface area contributed by atoms with Crippen LogP contribution in [0.5, 0.6) is 0 Å². The van der Waals surface area contributed by atoms with Crippen molar-refractivity contribution in [1.82, 2.24) is 0 Å². The summed E-state index contributed by atoms with van der Waals surface area (Å²) in [7, 11) is 0. The van der Waals surface area contributed by atoms with Gasteiger partial charge in [-0.2, -0.15) is 0 Å². The van der Waals surface area contributed by atoms with Crippen LogP contribution in [-0.2, 0) is 6.42 Å². The van der Waals surface area contributed by atoms with Gasteiger partial charge in [0.1, 0.15) is 0 Å². The quantitative estimate of drug-likeness (QED) is 0.157. The summed E-state index contributed by atoms with van der Waals surface area (Å²) in [5.74, 6) is 0. The van der Waals surface area contributed by atoms with Gasteiger partial charge in [-0.15, -0.1) is 0 Å². The van der Waals surface area contributed by atoms with Gasteiger partial charge in [-0.25, -0.2) is 0 Å². The molecule has 60 heavy (non-hydrogen) atoms. The molecule has 0 N–H and O–H groups in total. The van der Waals surface area contributed by atoms with Crippen LogP contribution in [0, 0.1) is 0 Å². The molecule has 10 aromatic carbocycles. The number of rotatable bonds is 3. The topological polar surface area (TPSA) is 0 Å². The summed E-state index contributed by atoms with van der Waals surface area (Å²) in [5.41, 5.74) is 13.3. The average molecular weight is 767 g/mol. The first kappa shape index (κ1) is 36.1. The van der Waals surface area contributed by atoms with Gasteiger partial charge < -0.3 is 0 Å². The summed E-state index contributed by atoms with van der Waals surface area (Å²) in [4.78, 5) is 0. The zero-order valence-corrected chi connectivity index (χ0v) is 34.3. The van der Waals surface area contributed by atoms with Crippen LogP contribution in [0.2, 0.25) is 0 Å². The van der Waals surface area contributed by atoms with Crippen LogP contribution in [0.15, 0.2) is 176 Å². The van der Waals surface area contributed by atoms with Crippen LogP contribution in [0.4, 0.5) is 0 Å². The fraction of sp³-hybridized carbons (Fsp3) is 0.100. The molecule has 0 bridgehead atoms. The summed E-state index contributed by atoms with van der Waals surface area (Å²) < 4.78 is 0. The maximum atomic E-state index is 2.56. The van der Waals surface area contributed by atoms with Crippen molar-refractivity contribution < 1.29 is 0 Å². The van der Waals surface area contributed by atoms with Gasteiger partial charge in [0.05, 0.1) is 0 Å². The van der Waals surface area contributed by atoms with Crippen molar-refractivity contribution in [3.05, 3.63) is 198 Å². The zero-order chi connectivity index (χ0) is 40.2. The highest BCUT2D eigenvalue weighted by molar-refractivity contribution is 6.31. The third-order valence-electron chi connectivity index (χ3n) is 12.8. The Balaban J connectivity index is 0.00000201. The summed E-state index contributed by atoms with van der Waals surface area (Å²) in [5, 5.41) is 15.2. The standard InChI is InChI=1S/C58H40.C2H6/c1-3-17-37-33-38-18-4-2-6-24-45(38)54(44(37)23-5-1)43-31-32-52-53(36-43)58(56-48-27-13-9-21-41(48)35-42-22-10-14-28-49(42)56)51-30-16-15-29-50(51)57(52)55-46-25-11-7-19-39(46)34-40-20-8-12-26-47(40)55;1-2/h3,5-17,19-36H,1-2,4,18H2;1-2H3. The van der Waals surface area contributed by atoms with Crippen molar-refractivity contribution in [2.24, 2.45) is 0 Å². The Bertz CT molecular complexity index is 3330. The van der Waals surface area contributed by atoms with Gasteiger partial charge in [0.15, 0.2) is 0 Å². The Labute approximate surface area is 352 Å². The molecule has 2 aliphatic rings. The van der Waals surface area contributed by atoms with Crippen molar-refractivity contribution in [3.63, 3.8) is 0 Å². The zero-order valence-electron chi connectivity index (χ0n) is 34.3. The molecule has 0 heteroatoms. The highest BCUT2D eigenvalue weighted by Crippen LogP contribution is 2.51. The maximum Gasteiger partial charge on any atom is -0.00137 e. The predicted molar refractivity (Wildman–Crippen MR) is 264 cm³/mol. The van der Waals surface area contributed by atoms with Crippen molar-refractivity contribution in [2.75, 3.05) is 0 Å². The average Bonchev–Trinajstić information content (AvgIpc) is 3.70. The van der Waals surface area contributed by atoms with E-state index in [4.69, 9.17) is 0 Å². The largest absolute Gasteiger partial charge is 0.0839 e. The SMILES string of the molecule is C1=Cc2cc3c(c(-c4ccc5c(-c6c7ccccc7cc7ccccc67)c6ccccc6c(-c6c7ccccc7cc7ccccc67)c5c4)c2C=CC1)C=CCCC3.CC. The van der Waals surface area contributed by atoms with Crippen LogP contribution < -0.4 is 0 Å². The molecule has 0 nitrogen and oxygen atoms in total. The smallest absolute Gasteiger partial charge is 0.00137 e. The summed E-state index contributed by atoms with van der Waals surface area (Å²) in [6.45, 7) is 4.00. The normalized spacial score (nSPS) is 13.4. The lowest BCUT2D eigenvalue weighted by atomic mass is 9.79. The van der Waals surface area contributed by atoms with E-state index in [9.17, 15) is 0 Å². The highest BCUT2D eigenvalue weighted by atomic mass is 14.3. The van der Waals surface area contributed by atoms with Gasteiger partial charge in [0, 0.05) is 0 Å². The molecule has 0 heterocycles. The number of hydrogen-bond donors (Lipinski definition) is 0. The Hall–Kier alpha value is -7.02. The van der Waals surface area contributed by atoms with Crippen LogP contribution >= 0.6 is 0 Å². The second-order valence-corrected chi connectivity index (χ2v) is 16.1. The summed E-state index contributed by atoms with van der Waals surface area (Å²) >= 11 is 0. The Morgan fingerprint density at radius 2 is 0.800 bits per heavy atom. The van der Waals surface area contributed by atoms with Crippen LogP contribution in [0.1, 0.15) is 55.4 Å². The number of fused-ring (bicyclic) bond motifs is 8. The molecule has 0 amide bonds. The molecule has 0 aromatic heterocycles. The lowest BCUT2D eigenvalue weighted by Crippen LogP contribution is -1.99. The monoisotopic (exact) mass is 766 g/mol. The first-order chi connectivity index (χ1) is 29.8. The molecule has 0 atom stereocenters. The molecule has 0 aliphatic heterocycles. The maximum absolute atomic E-state index is 2.56. The Morgan fingerprint density at radius 3 is 1.37 bits per heavy atom. The second kappa shape index (κ2) is 15.0. The van der Waals surface area contributed by atoms with E-state index < -0.39 is 0 Å². The fourth-order valence-electron chi connectivity index (χ4n) is 10.3. The molecule has 2 aliphatic carbocycles. The van der Waals surface area contributed by atoms with E-state index in [1.165, 1.54) is 127 Å². The number of hydrogen-bond acceptors (Lipinski definition) is 0. The van der Waals surface area contributed by atoms with Crippen LogP contribution in [0.25, 0.3) is 116 Å². The predicted octanol–water partition coefficient (Wildman–Crippen LogP) is 17.4. The van der Waals surface area contributed by atoms with Crippen molar-refractivity contribution in [2.45, 2.75) is 39.5 Å². The molecule has 0 radical (unpaired) electrons. The van der Waals surface area contributed by atoms with Gasteiger partial charge in [-0.05, 0) is 164 Å². The first-order valence-electron chi connectivity index (χ1n) is 21.8. The molecule has 0 saturated heterocycles. The van der Waals surface area contributed by atoms with Crippen molar-refractivity contribution in [1.29, 1.82) is 0 Å². The first-order valence-corrected chi connectivity index (χ1v) is 21.8. The van der Waals surface area contributed by atoms with E-state index >= 15 is 0 Å². The van der Waals surface area contributed by atoms with E-state index in [0.717, 1.165) is 19.3 Å². The molecular weight excluding hydrogens is 721 g/mol. The van der Waals surface area contributed by atoms with E-state index in [0.29, 0.717) is 0 Å². The van der Waals surface area contributed by atoms with E-state index in [1.54, 1.807) is 0 Å². The number of aryl methyl sites for hydroxylation is 1. The molecular formula is C60H46. The van der Waals surface area contributed by atoms with Crippen LogP contribution in [0.3, 0.4) is 0 Å².